The highest BCUT2D eigenvalue weighted by Crippen LogP contribution is 2.32. The Morgan fingerprint density at radius 2 is 1.92 bits per heavy atom. The Balaban J connectivity index is 2.10. The normalized spacial score (nSPS) is 11.1. The van der Waals surface area contributed by atoms with Crippen molar-refractivity contribution in [3.05, 3.63) is 48.3 Å². The van der Waals surface area contributed by atoms with Gasteiger partial charge in [-0.2, -0.15) is 5.26 Å². The SMILES string of the molecule is COc1nccc2c(Nc3ccc(S(N)(=O)=O)cc3)c(C#N)cnc12. The van der Waals surface area contributed by atoms with Gasteiger partial charge in [0.15, 0.2) is 0 Å². The fourth-order valence-electron chi connectivity index (χ4n) is 2.34. The first-order valence-corrected chi connectivity index (χ1v) is 8.60. The summed E-state index contributed by atoms with van der Waals surface area (Å²) in [5.74, 6) is 0.342. The van der Waals surface area contributed by atoms with Crippen molar-refractivity contribution >= 4 is 32.3 Å². The summed E-state index contributed by atoms with van der Waals surface area (Å²) in [5.41, 5.74) is 1.95. The van der Waals surface area contributed by atoms with Crippen molar-refractivity contribution in [1.29, 1.82) is 5.26 Å². The lowest BCUT2D eigenvalue weighted by Gasteiger charge is -2.12. The van der Waals surface area contributed by atoms with Crippen LogP contribution in [-0.4, -0.2) is 25.5 Å². The average molecular weight is 355 g/mol. The molecule has 0 saturated heterocycles. The van der Waals surface area contributed by atoms with Crippen LogP contribution in [0.3, 0.4) is 0 Å². The van der Waals surface area contributed by atoms with Crippen LogP contribution in [0.4, 0.5) is 11.4 Å². The molecular weight excluding hydrogens is 342 g/mol. The predicted molar refractivity (Wildman–Crippen MR) is 91.9 cm³/mol. The van der Waals surface area contributed by atoms with Crippen molar-refractivity contribution in [2.75, 3.05) is 12.4 Å². The maximum atomic E-state index is 11.3. The minimum absolute atomic E-state index is 0.00372. The second-order valence-corrected chi connectivity index (χ2v) is 6.63. The van der Waals surface area contributed by atoms with Gasteiger partial charge in [-0.3, -0.25) is 0 Å². The summed E-state index contributed by atoms with van der Waals surface area (Å²) < 4.78 is 27.9. The molecule has 0 radical (unpaired) electrons. The topological polar surface area (TPSA) is 131 Å². The van der Waals surface area contributed by atoms with Gasteiger partial charge in [0.05, 0.1) is 23.3 Å². The largest absolute Gasteiger partial charge is 0.479 e. The first-order chi connectivity index (χ1) is 11.9. The zero-order valence-corrected chi connectivity index (χ0v) is 13.9. The van der Waals surface area contributed by atoms with Crippen LogP contribution in [0.5, 0.6) is 5.88 Å². The number of methoxy groups -OCH3 is 1. The van der Waals surface area contributed by atoms with Crippen molar-refractivity contribution in [2.24, 2.45) is 5.14 Å². The van der Waals surface area contributed by atoms with Crippen molar-refractivity contribution < 1.29 is 13.2 Å². The molecule has 126 valence electrons. The van der Waals surface area contributed by atoms with Crippen LogP contribution < -0.4 is 15.2 Å². The molecule has 8 nitrogen and oxygen atoms in total. The Bertz CT molecular complexity index is 1090. The van der Waals surface area contributed by atoms with E-state index in [1.807, 2.05) is 0 Å². The smallest absolute Gasteiger partial charge is 0.240 e. The average Bonchev–Trinajstić information content (AvgIpc) is 2.61. The van der Waals surface area contributed by atoms with Crippen LogP contribution in [-0.2, 0) is 10.0 Å². The van der Waals surface area contributed by atoms with Gasteiger partial charge in [0.25, 0.3) is 0 Å². The molecule has 0 bridgehead atoms. The Hall–Kier alpha value is -3.22. The van der Waals surface area contributed by atoms with Gasteiger partial charge in [-0.1, -0.05) is 0 Å². The summed E-state index contributed by atoms with van der Waals surface area (Å²) in [6, 6.07) is 9.68. The zero-order valence-electron chi connectivity index (χ0n) is 13.1. The molecule has 0 aliphatic heterocycles. The van der Waals surface area contributed by atoms with E-state index in [9.17, 15) is 13.7 Å². The second kappa shape index (κ2) is 6.35. The third-order valence-corrected chi connectivity index (χ3v) is 4.45. The van der Waals surface area contributed by atoms with Crippen molar-refractivity contribution in [3.63, 3.8) is 0 Å². The van der Waals surface area contributed by atoms with E-state index in [0.717, 1.165) is 0 Å². The number of nitrogens with two attached hydrogens (primary N) is 1. The number of rotatable bonds is 4. The van der Waals surface area contributed by atoms with Gasteiger partial charge in [-0.15, -0.1) is 0 Å². The number of nitriles is 1. The van der Waals surface area contributed by atoms with Gasteiger partial charge in [0.1, 0.15) is 11.6 Å². The zero-order chi connectivity index (χ0) is 18.0. The molecule has 0 atom stereocenters. The number of anilines is 2. The standard InChI is InChI=1S/C16H13N5O3S/c1-24-16-15-13(6-7-19-16)14(10(8-17)9-20-15)21-11-2-4-12(5-3-11)25(18,22)23/h2-7,9H,1H3,(H,20,21)(H2,18,22,23). The first kappa shape index (κ1) is 16.6. The fourth-order valence-corrected chi connectivity index (χ4v) is 2.86. The van der Waals surface area contributed by atoms with Crippen LogP contribution in [0.25, 0.3) is 10.9 Å². The summed E-state index contributed by atoms with van der Waals surface area (Å²) in [7, 11) is -2.28. The minimum Gasteiger partial charge on any atom is -0.479 e. The highest BCUT2D eigenvalue weighted by Gasteiger charge is 2.13. The molecule has 9 heteroatoms. The number of hydrogen-bond acceptors (Lipinski definition) is 7. The van der Waals surface area contributed by atoms with E-state index in [2.05, 4.69) is 21.4 Å². The van der Waals surface area contributed by atoms with Gasteiger partial charge in [0, 0.05) is 23.5 Å². The molecule has 0 amide bonds. The van der Waals surface area contributed by atoms with Crippen molar-refractivity contribution in [3.8, 4) is 11.9 Å². The van der Waals surface area contributed by atoms with E-state index in [0.29, 0.717) is 33.7 Å². The number of ether oxygens (including phenoxy) is 1. The summed E-state index contributed by atoms with van der Waals surface area (Å²) in [4.78, 5) is 8.32. The quantitative estimate of drug-likeness (QED) is 0.730. The summed E-state index contributed by atoms with van der Waals surface area (Å²) in [5, 5.41) is 18.2. The van der Waals surface area contributed by atoms with Crippen LogP contribution in [0.1, 0.15) is 5.56 Å². The van der Waals surface area contributed by atoms with Crippen molar-refractivity contribution in [1.82, 2.24) is 9.97 Å². The van der Waals surface area contributed by atoms with E-state index in [1.165, 1.54) is 25.4 Å². The molecule has 2 aromatic heterocycles. The van der Waals surface area contributed by atoms with Crippen LogP contribution in [0, 0.1) is 11.3 Å². The Labute approximate surface area is 143 Å². The number of nitrogens with zero attached hydrogens (tertiary/aromatic N) is 3. The number of benzene rings is 1. The molecule has 25 heavy (non-hydrogen) atoms. The molecule has 0 aliphatic carbocycles. The summed E-state index contributed by atoms with van der Waals surface area (Å²) in [6.45, 7) is 0. The van der Waals surface area contributed by atoms with Gasteiger partial charge in [-0.05, 0) is 30.3 Å². The van der Waals surface area contributed by atoms with E-state index in [1.54, 1.807) is 24.4 Å². The van der Waals surface area contributed by atoms with Gasteiger partial charge < -0.3 is 10.1 Å². The molecule has 0 unspecified atom stereocenters. The summed E-state index contributed by atoms with van der Waals surface area (Å²) in [6.07, 6.45) is 2.98. The fraction of sp³-hybridized carbons (Fsp3) is 0.0625. The van der Waals surface area contributed by atoms with Crippen molar-refractivity contribution in [2.45, 2.75) is 4.90 Å². The van der Waals surface area contributed by atoms with Gasteiger partial charge in [0.2, 0.25) is 15.9 Å². The number of fused-ring (bicyclic) bond motifs is 1. The van der Waals surface area contributed by atoms with Gasteiger partial charge in [-0.25, -0.2) is 23.5 Å². The molecule has 0 aliphatic rings. The van der Waals surface area contributed by atoms with Crippen LogP contribution in [0.2, 0.25) is 0 Å². The lowest BCUT2D eigenvalue weighted by Crippen LogP contribution is -2.11. The van der Waals surface area contributed by atoms with E-state index in [4.69, 9.17) is 9.88 Å². The van der Waals surface area contributed by atoms with E-state index in [-0.39, 0.29) is 4.90 Å². The number of aromatic nitrogens is 2. The maximum Gasteiger partial charge on any atom is 0.240 e. The number of pyridine rings is 2. The number of hydrogen-bond donors (Lipinski definition) is 2. The highest BCUT2D eigenvalue weighted by molar-refractivity contribution is 7.89. The molecule has 0 saturated carbocycles. The lowest BCUT2D eigenvalue weighted by atomic mass is 10.1. The van der Waals surface area contributed by atoms with Crippen LogP contribution in [0.15, 0.2) is 47.6 Å². The molecule has 0 fully saturated rings. The monoisotopic (exact) mass is 355 g/mol. The number of nitrogens with one attached hydrogen (secondary N) is 1. The molecule has 3 N–H and O–H groups in total. The Kier molecular flexibility index (Phi) is 4.22. The third-order valence-electron chi connectivity index (χ3n) is 3.52. The number of primary sulfonamides is 1. The maximum absolute atomic E-state index is 11.3. The van der Waals surface area contributed by atoms with Crippen LogP contribution >= 0.6 is 0 Å². The molecule has 3 aromatic rings. The minimum atomic E-state index is -3.76. The Morgan fingerprint density at radius 3 is 2.52 bits per heavy atom. The predicted octanol–water partition coefficient (Wildman–Crippen LogP) is 1.90. The number of sulfonamides is 1. The van der Waals surface area contributed by atoms with E-state index >= 15 is 0 Å². The molecule has 2 heterocycles. The highest BCUT2D eigenvalue weighted by atomic mass is 32.2. The Morgan fingerprint density at radius 1 is 1.20 bits per heavy atom. The lowest BCUT2D eigenvalue weighted by molar-refractivity contribution is 0.402. The molecule has 3 rings (SSSR count). The third kappa shape index (κ3) is 3.21. The second-order valence-electron chi connectivity index (χ2n) is 5.07. The summed E-state index contributed by atoms with van der Waals surface area (Å²) >= 11 is 0. The molecule has 0 spiro atoms. The first-order valence-electron chi connectivity index (χ1n) is 7.05. The molecule has 1 aromatic carbocycles. The molecular formula is C16H13N5O3S. The van der Waals surface area contributed by atoms with E-state index < -0.39 is 10.0 Å². The van der Waals surface area contributed by atoms with Gasteiger partial charge >= 0.3 is 0 Å².